The number of carbonyl (C=O) groups excluding carboxylic acids is 2. The summed E-state index contributed by atoms with van der Waals surface area (Å²) >= 11 is 0. The summed E-state index contributed by atoms with van der Waals surface area (Å²) in [6.07, 6.45) is 0.0571. The van der Waals surface area contributed by atoms with Crippen LogP contribution in [0.15, 0.2) is 48.5 Å². The van der Waals surface area contributed by atoms with Crippen LogP contribution in [0.3, 0.4) is 0 Å². The fraction of sp³-hybridized carbons (Fsp3) is 0.263. The highest BCUT2D eigenvalue weighted by atomic mass is 19.1. The number of fused-ring (bicyclic) bond motifs is 1. The molecule has 2 atom stereocenters. The van der Waals surface area contributed by atoms with Gasteiger partial charge in [0.15, 0.2) is 0 Å². The molecular weight excluding hydrogens is 323 g/mol. The zero-order valence-electron chi connectivity index (χ0n) is 13.8. The second-order valence-corrected chi connectivity index (χ2v) is 6.39. The minimum absolute atomic E-state index is 0.0439. The third-order valence-electron chi connectivity index (χ3n) is 4.39. The minimum atomic E-state index is -1.35. The van der Waals surface area contributed by atoms with Crippen LogP contribution in [0.1, 0.15) is 30.4 Å². The Labute approximate surface area is 144 Å². The van der Waals surface area contributed by atoms with Gasteiger partial charge in [-0.2, -0.15) is 0 Å². The normalized spacial score (nSPS) is 18.7. The summed E-state index contributed by atoms with van der Waals surface area (Å²) in [5.74, 6) is -1.55. The fourth-order valence-corrected chi connectivity index (χ4v) is 2.94. The van der Waals surface area contributed by atoms with E-state index in [0.29, 0.717) is 11.3 Å². The summed E-state index contributed by atoms with van der Waals surface area (Å²) in [5.41, 5.74) is 0.529. The lowest BCUT2D eigenvalue weighted by molar-refractivity contribution is -0.127. The Morgan fingerprint density at radius 3 is 2.68 bits per heavy atom. The molecule has 2 aromatic carbocycles. The van der Waals surface area contributed by atoms with Gasteiger partial charge in [0.1, 0.15) is 11.4 Å². The Hall–Kier alpha value is -2.73. The largest absolute Gasteiger partial charge is 0.384 e. The van der Waals surface area contributed by atoms with Crippen LogP contribution in [0.5, 0.6) is 0 Å². The first-order chi connectivity index (χ1) is 11.9. The zero-order valence-corrected chi connectivity index (χ0v) is 13.8. The van der Waals surface area contributed by atoms with Crippen molar-refractivity contribution in [3.05, 3.63) is 65.5 Å². The van der Waals surface area contributed by atoms with E-state index in [1.165, 1.54) is 24.3 Å². The average molecular weight is 342 g/mol. The highest BCUT2D eigenvalue weighted by molar-refractivity contribution is 6.01. The molecule has 3 rings (SSSR count). The van der Waals surface area contributed by atoms with Crippen LogP contribution < -0.4 is 10.6 Å². The Kier molecular flexibility index (Phi) is 4.55. The second kappa shape index (κ2) is 6.64. The molecule has 0 aliphatic carbocycles. The van der Waals surface area contributed by atoms with Crippen molar-refractivity contribution < 1.29 is 19.1 Å². The molecule has 0 saturated heterocycles. The Morgan fingerprint density at radius 1 is 1.28 bits per heavy atom. The third kappa shape index (κ3) is 3.69. The van der Waals surface area contributed by atoms with Crippen LogP contribution in [0, 0.1) is 5.82 Å². The number of halogens is 1. The van der Waals surface area contributed by atoms with Crippen LogP contribution in [-0.2, 0) is 15.2 Å². The maximum Gasteiger partial charge on any atom is 0.228 e. The van der Waals surface area contributed by atoms with Crippen molar-refractivity contribution >= 4 is 17.5 Å². The van der Waals surface area contributed by atoms with Crippen LogP contribution in [-0.4, -0.2) is 23.5 Å². The van der Waals surface area contributed by atoms with Crippen LogP contribution in [0.2, 0.25) is 0 Å². The van der Waals surface area contributed by atoms with Gasteiger partial charge in [0, 0.05) is 12.1 Å². The molecule has 2 aromatic rings. The van der Waals surface area contributed by atoms with E-state index in [0.717, 1.165) is 5.56 Å². The number of anilines is 1. The highest BCUT2D eigenvalue weighted by Gasteiger charge is 2.32. The number of amides is 2. The van der Waals surface area contributed by atoms with Crippen molar-refractivity contribution in [1.29, 1.82) is 0 Å². The van der Waals surface area contributed by atoms with Gasteiger partial charge in [0.05, 0.1) is 12.5 Å². The number of hydrogen-bond acceptors (Lipinski definition) is 3. The van der Waals surface area contributed by atoms with Crippen molar-refractivity contribution in [1.82, 2.24) is 5.32 Å². The van der Waals surface area contributed by atoms with Gasteiger partial charge in [-0.1, -0.05) is 30.3 Å². The molecule has 2 unspecified atom stereocenters. The molecular formula is C19H19FN2O3. The summed E-state index contributed by atoms with van der Waals surface area (Å²) in [6.45, 7) is 1.50. The first-order valence-electron chi connectivity index (χ1n) is 8.02. The molecule has 3 N–H and O–H groups in total. The molecule has 0 spiro atoms. The molecule has 6 heteroatoms. The Balaban J connectivity index is 1.72. The summed E-state index contributed by atoms with van der Waals surface area (Å²) < 4.78 is 13.0. The maximum atomic E-state index is 13.0. The van der Waals surface area contributed by atoms with E-state index in [4.69, 9.17) is 0 Å². The number of para-hydroxylation sites is 1. The van der Waals surface area contributed by atoms with E-state index in [2.05, 4.69) is 10.6 Å². The molecule has 1 aliphatic heterocycles. The number of aliphatic hydroxyl groups is 1. The zero-order chi connectivity index (χ0) is 18.0. The number of rotatable bonds is 4. The van der Waals surface area contributed by atoms with Gasteiger partial charge < -0.3 is 15.7 Å². The van der Waals surface area contributed by atoms with E-state index in [-0.39, 0.29) is 24.8 Å². The van der Waals surface area contributed by atoms with E-state index in [1.54, 1.807) is 25.1 Å². The topological polar surface area (TPSA) is 78.4 Å². The van der Waals surface area contributed by atoms with E-state index >= 15 is 0 Å². The quantitative estimate of drug-likeness (QED) is 0.798. The molecule has 1 heterocycles. The molecule has 0 saturated carbocycles. The number of benzene rings is 2. The standard InChI is InChI=1S/C19H19FN2O3/c1-19(25,12-6-8-13(20)9-7-12)11-21-18(24)15-10-17(23)22-16-5-3-2-4-14(15)16/h2-9,15,25H,10-11H2,1H3,(H,21,24)(H,22,23). The van der Waals surface area contributed by atoms with Crippen LogP contribution in [0.4, 0.5) is 10.1 Å². The first kappa shape index (κ1) is 17.1. The molecule has 5 nitrogen and oxygen atoms in total. The molecule has 0 bridgehead atoms. The van der Waals surface area contributed by atoms with Crippen molar-refractivity contribution in [3.8, 4) is 0 Å². The number of nitrogens with one attached hydrogen (secondary N) is 2. The van der Waals surface area contributed by atoms with E-state index in [9.17, 15) is 19.1 Å². The average Bonchev–Trinajstić information content (AvgIpc) is 2.59. The highest BCUT2D eigenvalue weighted by Crippen LogP contribution is 2.32. The lowest BCUT2D eigenvalue weighted by atomic mass is 9.89. The number of carbonyl (C=O) groups is 2. The molecule has 0 fully saturated rings. The van der Waals surface area contributed by atoms with E-state index < -0.39 is 17.3 Å². The van der Waals surface area contributed by atoms with Crippen LogP contribution in [0.25, 0.3) is 0 Å². The van der Waals surface area contributed by atoms with Gasteiger partial charge in [-0.3, -0.25) is 9.59 Å². The molecule has 130 valence electrons. The summed E-state index contributed by atoms with van der Waals surface area (Å²) in [4.78, 5) is 24.4. The van der Waals surface area contributed by atoms with Crippen molar-refractivity contribution in [3.63, 3.8) is 0 Å². The van der Waals surface area contributed by atoms with Crippen molar-refractivity contribution in [2.75, 3.05) is 11.9 Å². The van der Waals surface area contributed by atoms with Crippen molar-refractivity contribution in [2.24, 2.45) is 0 Å². The molecule has 1 aliphatic rings. The van der Waals surface area contributed by atoms with Gasteiger partial charge in [0.2, 0.25) is 11.8 Å². The van der Waals surface area contributed by atoms with Gasteiger partial charge in [-0.15, -0.1) is 0 Å². The first-order valence-corrected chi connectivity index (χ1v) is 8.02. The minimum Gasteiger partial charge on any atom is -0.384 e. The predicted molar refractivity (Wildman–Crippen MR) is 91.4 cm³/mol. The van der Waals surface area contributed by atoms with Crippen LogP contribution >= 0.6 is 0 Å². The monoisotopic (exact) mass is 342 g/mol. The smallest absolute Gasteiger partial charge is 0.228 e. The summed E-state index contributed by atoms with van der Waals surface area (Å²) in [7, 11) is 0. The van der Waals surface area contributed by atoms with Gasteiger partial charge in [-0.05, 0) is 36.2 Å². The molecule has 0 radical (unpaired) electrons. The Bertz CT molecular complexity index is 803. The summed E-state index contributed by atoms with van der Waals surface area (Å²) in [5, 5.41) is 16.0. The van der Waals surface area contributed by atoms with Gasteiger partial charge in [-0.25, -0.2) is 4.39 Å². The van der Waals surface area contributed by atoms with Crippen molar-refractivity contribution in [2.45, 2.75) is 24.9 Å². The predicted octanol–water partition coefficient (Wildman–Crippen LogP) is 2.28. The lowest BCUT2D eigenvalue weighted by Gasteiger charge is -2.28. The molecule has 2 amide bonds. The molecule has 0 aromatic heterocycles. The fourth-order valence-electron chi connectivity index (χ4n) is 2.94. The Morgan fingerprint density at radius 2 is 1.96 bits per heavy atom. The third-order valence-corrected chi connectivity index (χ3v) is 4.39. The van der Waals surface area contributed by atoms with Gasteiger partial charge in [0.25, 0.3) is 0 Å². The lowest BCUT2D eigenvalue weighted by Crippen LogP contribution is -2.42. The second-order valence-electron chi connectivity index (χ2n) is 6.39. The van der Waals surface area contributed by atoms with Gasteiger partial charge >= 0.3 is 0 Å². The summed E-state index contributed by atoms with van der Waals surface area (Å²) in [6, 6.07) is 12.6. The SMILES string of the molecule is CC(O)(CNC(=O)C1CC(=O)Nc2ccccc21)c1ccc(F)cc1. The molecule has 25 heavy (non-hydrogen) atoms. The number of hydrogen-bond donors (Lipinski definition) is 3. The maximum absolute atomic E-state index is 13.0. The van der Waals surface area contributed by atoms with E-state index in [1.807, 2.05) is 6.07 Å².